The summed E-state index contributed by atoms with van der Waals surface area (Å²) in [4.78, 5) is 32.1. The molecule has 0 radical (unpaired) electrons. The van der Waals surface area contributed by atoms with Crippen LogP contribution in [-0.2, 0) is 16.0 Å². The van der Waals surface area contributed by atoms with Crippen molar-refractivity contribution in [1.29, 1.82) is 0 Å². The predicted molar refractivity (Wildman–Crippen MR) is 154 cm³/mol. The van der Waals surface area contributed by atoms with Gasteiger partial charge in [-0.3, -0.25) is 9.59 Å². The third-order valence-electron chi connectivity index (χ3n) is 9.36. The molecule has 2 fully saturated rings. The summed E-state index contributed by atoms with van der Waals surface area (Å²) in [6, 6.07) is 17.6. The summed E-state index contributed by atoms with van der Waals surface area (Å²) >= 11 is 0. The summed E-state index contributed by atoms with van der Waals surface area (Å²) < 4.78 is 22.3. The van der Waals surface area contributed by atoms with Gasteiger partial charge in [0.05, 0.1) is 13.2 Å². The molecule has 1 amide bonds. The lowest BCUT2D eigenvalue weighted by atomic mass is 9.70. The van der Waals surface area contributed by atoms with E-state index >= 15 is 4.39 Å². The van der Waals surface area contributed by atoms with Crippen molar-refractivity contribution in [1.82, 2.24) is 14.3 Å². The fourth-order valence-electron chi connectivity index (χ4n) is 6.77. The van der Waals surface area contributed by atoms with Gasteiger partial charge in [0.15, 0.2) is 0 Å². The van der Waals surface area contributed by atoms with Gasteiger partial charge >= 0.3 is 5.97 Å². The van der Waals surface area contributed by atoms with Crippen LogP contribution in [0.4, 0.5) is 4.39 Å². The molecule has 0 spiro atoms. The lowest BCUT2D eigenvalue weighted by Gasteiger charge is -2.35. The molecular weight excluding hydrogens is 517 g/mol. The van der Waals surface area contributed by atoms with Gasteiger partial charge in [-0.2, -0.15) is 0 Å². The van der Waals surface area contributed by atoms with E-state index in [1.54, 1.807) is 6.07 Å². The van der Waals surface area contributed by atoms with E-state index in [4.69, 9.17) is 9.72 Å². The highest BCUT2D eigenvalue weighted by atomic mass is 19.1. The largest absolute Gasteiger partial charge is 0.469 e. The van der Waals surface area contributed by atoms with Gasteiger partial charge in [-0.1, -0.05) is 36.4 Å². The lowest BCUT2D eigenvalue weighted by Crippen LogP contribution is -2.39. The fourth-order valence-corrected chi connectivity index (χ4v) is 6.77. The number of carbonyl (C=O) groups excluding carboxylic acids is 2. The van der Waals surface area contributed by atoms with Gasteiger partial charge in [0.1, 0.15) is 17.2 Å². The van der Waals surface area contributed by atoms with Crippen LogP contribution in [0.5, 0.6) is 0 Å². The van der Waals surface area contributed by atoms with Crippen molar-refractivity contribution in [2.75, 3.05) is 13.7 Å². The molecule has 2 aliphatic carbocycles. The normalized spacial score (nSPS) is 21.8. The smallest absolute Gasteiger partial charge is 0.305 e. The molecule has 1 aliphatic heterocycles. The second kappa shape index (κ2) is 10.1. The van der Waals surface area contributed by atoms with Crippen LogP contribution in [0.1, 0.15) is 89.8 Å². The maximum atomic E-state index is 15.5. The van der Waals surface area contributed by atoms with Crippen LogP contribution in [0.2, 0.25) is 0 Å². The molecule has 2 saturated carbocycles. The van der Waals surface area contributed by atoms with Crippen LogP contribution in [-0.4, -0.2) is 39.8 Å². The molecule has 7 heteroatoms. The number of amides is 1. The summed E-state index contributed by atoms with van der Waals surface area (Å²) in [7, 11) is 1.41. The minimum atomic E-state index is -0.264. The Balaban J connectivity index is 1.16. The molecule has 2 aromatic heterocycles. The molecule has 1 atom stereocenters. The summed E-state index contributed by atoms with van der Waals surface area (Å²) in [6.45, 7) is 2.75. The van der Waals surface area contributed by atoms with E-state index in [2.05, 4.69) is 25.1 Å². The molecule has 7 rings (SSSR count). The maximum absolute atomic E-state index is 15.5. The number of fused-ring (bicyclic) bond motifs is 2. The first-order valence-corrected chi connectivity index (χ1v) is 14.7. The van der Waals surface area contributed by atoms with Gasteiger partial charge in [0.2, 0.25) is 0 Å². The van der Waals surface area contributed by atoms with Crippen LogP contribution in [0.3, 0.4) is 0 Å². The highest BCUT2D eigenvalue weighted by Crippen LogP contribution is 2.45. The molecule has 0 bridgehead atoms. The Morgan fingerprint density at radius 2 is 1.85 bits per heavy atom. The molecule has 0 saturated heterocycles. The number of halogens is 1. The van der Waals surface area contributed by atoms with E-state index in [9.17, 15) is 9.59 Å². The molecule has 3 aliphatic rings. The molecule has 0 N–H and O–H groups in total. The van der Waals surface area contributed by atoms with Gasteiger partial charge in [0, 0.05) is 36.0 Å². The molecule has 6 nitrogen and oxygen atoms in total. The Kier molecular flexibility index (Phi) is 6.40. The summed E-state index contributed by atoms with van der Waals surface area (Å²) in [5.74, 6) is 0.451. The minimum absolute atomic E-state index is 0.0174. The highest BCUT2D eigenvalue weighted by Gasteiger charge is 2.34. The monoisotopic (exact) mass is 551 g/mol. The lowest BCUT2D eigenvalue weighted by molar-refractivity contribution is -0.142. The van der Waals surface area contributed by atoms with E-state index in [-0.39, 0.29) is 29.7 Å². The number of hydrogen-bond donors (Lipinski definition) is 0. The van der Waals surface area contributed by atoms with Crippen molar-refractivity contribution in [3.05, 3.63) is 94.7 Å². The zero-order valence-corrected chi connectivity index (χ0v) is 23.5. The predicted octanol–water partition coefficient (Wildman–Crippen LogP) is 6.83. The standard InChI is InChI=1S/C34H34FN3O3/c1-20-27-6-4-3-5-22(27)11-12-37(20)34(40)30-18-31(23-7-8-23)38-19-26(17-32(38)36-30)28-10-9-24(16-29(28)35)25-13-21(14-25)15-33(39)41-2/h3-6,9-10,16-21,23,25H,7-8,11-15H2,1-2H3/t20-,21?,25?/m1/s1. The Bertz CT molecular complexity index is 1670. The first-order chi connectivity index (χ1) is 19.9. The Hall–Kier alpha value is -4.00. The van der Waals surface area contributed by atoms with Crippen molar-refractivity contribution in [3.8, 4) is 11.1 Å². The van der Waals surface area contributed by atoms with Crippen molar-refractivity contribution >= 4 is 17.5 Å². The molecular formula is C34H34FN3O3. The zero-order valence-electron chi connectivity index (χ0n) is 23.5. The van der Waals surface area contributed by atoms with Gasteiger partial charge in [-0.05, 0) is 91.7 Å². The zero-order chi connectivity index (χ0) is 28.2. The summed E-state index contributed by atoms with van der Waals surface area (Å²) in [6.07, 6.45) is 7.12. The van der Waals surface area contributed by atoms with Crippen LogP contribution >= 0.6 is 0 Å². The topological polar surface area (TPSA) is 63.9 Å². The fraction of sp³-hybridized carbons (Fsp3) is 0.382. The number of ether oxygens (including phenoxy) is 1. The molecule has 41 heavy (non-hydrogen) atoms. The van der Waals surface area contributed by atoms with Crippen LogP contribution < -0.4 is 0 Å². The summed E-state index contributed by atoms with van der Waals surface area (Å²) in [5.41, 5.74) is 6.94. The van der Waals surface area contributed by atoms with Crippen LogP contribution in [0, 0.1) is 11.7 Å². The number of aromatic nitrogens is 2. The SMILES string of the molecule is COC(=O)CC1CC(c2ccc(-c3cc4nc(C(=O)N5CCc6ccccc6[C@H]5C)cc(C5CC5)n4c3)c(F)c2)C1. The Labute approximate surface area is 239 Å². The van der Waals surface area contributed by atoms with E-state index in [1.807, 2.05) is 45.8 Å². The number of carbonyl (C=O) groups is 2. The number of hydrogen-bond acceptors (Lipinski definition) is 4. The average molecular weight is 552 g/mol. The van der Waals surface area contributed by atoms with E-state index in [0.717, 1.165) is 48.9 Å². The number of rotatable bonds is 6. The number of benzene rings is 2. The molecule has 210 valence electrons. The molecule has 4 aromatic rings. The van der Waals surface area contributed by atoms with E-state index in [0.29, 0.717) is 41.7 Å². The van der Waals surface area contributed by atoms with Crippen LogP contribution in [0.25, 0.3) is 16.8 Å². The Morgan fingerprint density at radius 3 is 2.61 bits per heavy atom. The maximum Gasteiger partial charge on any atom is 0.305 e. The first-order valence-electron chi connectivity index (χ1n) is 14.7. The first kappa shape index (κ1) is 25.9. The third kappa shape index (κ3) is 4.71. The molecule has 0 unspecified atom stereocenters. The Morgan fingerprint density at radius 1 is 1.05 bits per heavy atom. The summed E-state index contributed by atoms with van der Waals surface area (Å²) in [5, 5.41) is 0. The molecule has 2 aromatic carbocycles. The average Bonchev–Trinajstić information content (AvgIpc) is 3.72. The third-order valence-corrected chi connectivity index (χ3v) is 9.36. The van der Waals surface area contributed by atoms with Gasteiger partial charge in [-0.25, -0.2) is 9.37 Å². The van der Waals surface area contributed by atoms with Crippen molar-refractivity contribution in [2.24, 2.45) is 5.92 Å². The van der Waals surface area contributed by atoms with Gasteiger partial charge < -0.3 is 14.0 Å². The number of nitrogens with zero attached hydrogens (tertiary/aromatic N) is 3. The van der Waals surface area contributed by atoms with Crippen LogP contribution in [0.15, 0.2) is 60.8 Å². The van der Waals surface area contributed by atoms with Gasteiger partial charge in [0.25, 0.3) is 5.91 Å². The van der Waals surface area contributed by atoms with E-state index in [1.165, 1.54) is 18.2 Å². The van der Waals surface area contributed by atoms with Gasteiger partial charge in [-0.15, -0.1) is 0 Å². The quantitative estimate of drug-likeness (QED) is 0.246. The molecule has 3 heterocycles. The number of methoxy groups -OCH3 is 1. The van der Waals surface area contributed by atoms with Crippen molar-refractivity contribution < 1.29 is 18.7 Å². The minimum Gasteiger partial charge on any atom is -0.469 e. The van der Waals surface area contributed by atoms with Crippen molar-refractivity contribution in [3.63, 3.8) is 0 Å². The number of esters is 1. The second-order valence-electron chi connectivity index (χ2n) is 12.0. The highest BCUT2D eigenvalue weighted by molar-refractivity contribution is 5.93. The second-order valence-corrected chi connectivity index (χ2v) is 12.0. The van der Waals surface area contributed by atoms with E-state index < -0.39 is 0 Å². The van der Waals surface area contributed by atoms with Crippen molar-refractivity contribution in [2.45, 2.75) is 63.3 Å².